The van der Waals surface area contributed by atoms with Crippen LogP contribution in [-0.2, 0) is 14.3 Å². The highest BCUT2D eigenvalue weighted by molar-refractivity contribution is 5.96. The molecule has 6 nitrogen and oxygen atoms in total. The van der Waals surface area contributed by atoms with Crippen molar-refractivity contribution >= 4 is 17.6 Å². The molecule has 0 spiro atoms. The molecule has 1 amide bonds. The van der Waals surface area contributed by atoms with Crippen LogP contribution in [0.25, 0.3) is 0 Å². The van der Waals surface area contributed by atoms with Crippen LogP contribution in [0.2, 0.25) is 0 Å². The van der Waals surface area contributed by atoms with Crippen molar-refractivity contribution in [2.75, 3.05) is 32.1 Å². The topological polar surface area (TPSA) is 76.7 Å². The molecular formula is C13H15FN2O4. The Balaban J connectivity index is 2.09. The van der Waals surface area contributed by atoms with Crippen LogP contribution >= 0.6 is 0 Å². The Morgan fingerprint density at radius 1 is 1.50 bits per heavy atom. The standard InChI is InChI=1S/C13H15FN2O4/c1-19-13(18)9-6-8(2-3-10(9)14)16-12(17)11-7-15-4-5-20-11/h2-3,6,11,15H,4-5,7H2,1H3,(H,16,17). The molecule has 1 heterocycles. The maximum Gasteiger partial charge on any atom is 0.340 e. The van der Waals surface area contributed by atoms with E-state index < -0.39 is 17.9 Å². The highest BCUT2D eigenvalue weighted by Crippen LogP contribution is 2.16. The Hall–Kier alpha value is -1.99. The lowest BCUT2D eigenvalue weighted by Gasteiger charge is -2.22. The highest BCUT2D eigenvalue weighted by atomic mass is 19.1. The molecule has 1 aliphatic heterocycles. The van der Waals surface area contributed by atoms with Gasteiger partial charge in [0.1, 0.15) is 11.9 Å². The average Bonchev–Trinajstić information content (AvgIpc) is 2.49. The summed E-state index contributed by atoms with van der Waals surface area (Å²) in [5, 5.41) is 5.61. The van der Waals surface area contributed by atoms with E-state index in [9.17, 15) is 14.0 Å². The van der Waals surface area contributed by atoms with Crippen molar-refractivity contribution in [2.45, 2.75) is 6.10 Å². The molecule has 0 radical (unpaired) electrons. The van der Waals surface area contributed by atoms with Crippen molar-refractivity contribution in [1.29, 1.82) is 0 Å². The summed E-state index contributed by atoms with van der Waals surface area (Å²) in [7, 11) is 1.16. The molecule has 0 bridgehead atoms. The molecular weight excluding hydrogens is 267 g/mol. The first-order valence-electron chi connectivity index (χ1n) is 6.13. The minimum absolute atomic E-state index is 0.229. The summed E-state index contributed by atoms with van der Waals surface area (Å²) >= 11 is 0. The number of halogens is 1. The van der Waals surface area contributed by atoms with E-state index in [1.807, 2.05) is 0 Å². The van der Waals surface area contributed by atoms with Gasteiger partial charge in [0, 0.05) is 18.8 Å². The third-order valence-electron chi connectivity index (χ3n) is 2.86. The van der Waals surface area contributed by atoms with Crippen LogP contribution < -0.4 is 10.6 Å². The first kappa shape index (κ1) is 14.4. The number of nitrogens with one attached hydrogen (secondary N) is 2. The summed E-state index contributed by atoms with van der Waals surface area (Å²) < 4.78 is 23.2. The summed E-state index contributed by atoms with van der Waals surface area (Å²) in [6, 6.07) is 3.70. The summed E-state index contributed by atoms with van der Waals surface area (Å²) in [6.45, 7) is 1.57. The number of hydrogen-bond acceptors (Lipinski definition) is 5. The van der Waals surface area contributed by atoms with Gasteiger partial charge >= 0.3 is 5.97 Å². The van der Waals surface area contributed by atoms with Gasteiger partial charge in [-0.25, -0.2) is 9.18 Å². The average molecular weight is 282 g/mol. The summed E-state index contributed by atoms with van der Waals surface area (Å²) in [6.07, 6.45) is -0.602. The minimum atomic E-state index is -0.797. The van der Waals surface area contributed by atoms with Crippen LogP contribution in [0.4, 0.5) is 10.1 Å². The smallest absolute Gasteiger partial charge is 0.340 e. The third kappa shape index (κ3) is 3.31. The van der Waals surface area contributed by atoms with Crippen molar-refractivity contribution in [3.8, 4) is 0 Å². The normalized spacial score (nSPS) is 18.4. The van der Waals surface area contributed by atoms with Gasteiger partial charge in [-0.15, -0.1) is 0 Å². The molecule has 1 fully saturated rings. The zero-order valence-electron chi connectivity index (χ0n) is 10.9. The van der Waals surface area contributed by atoms with E-state index in [2.05, 4.69) is 15.4 Å². The van der Waals surface area contributed by atoms with Crippen molar-refractivity contribution in [1.82, 2.24) is 5.32 Å². The Labute approximate surface area is 115 Å². The molecule has 0 saturated carbocycles. The fourth-order valence-corrected chi connectivity index (χ4v) is 1.83. The van der Waals surface area contributed by atoms with Crippen molar-refractivity contribution < 1.29 is 23.5 Å². The van der Waals surface area contributed by atoms with Crippen LogP contribution in [0.5, 0.6) is 0 Å². The highest BCUT2D eigenvalue weighted by Gasteiger charge is 2.22. The van der Waals surface area contributed by atoms with Gasteiger partial charge in [-0.05, 0) is 18.2 Å². The first-order chi connectivity index (χ1) is 9.61. The van der Waals surface area contributed by atoms with Crippen LogP contribution in [-0.4, -0.2) is 44.8 Å². The summed E-state index contributed by atoms with van der Waals surface area (Å²) in [5.74, 6) is -1.85. The van der Waals surface area contributed by atoms with E-state index in [1.54, 1.807) is 0 Å². The second kappa shape index (κ2) is 6.44. The number of ether oxygens (including phenoxy) is 2. The minimum Gasteiger partial charge on any atom is -0.465 e. The molecule has 1 saturated heterocycles. The maximum atomic E-state index is 13.5. The van der Waals surface area contributed by atoms with Gasteiger partial charge < -0.3 is 20.1 Å². The first-order valence-corrected chi connectivity index (χ1v) is 6.13. The molecule has 2 rings (SSSR count). The molecule has 1 aromatic carbocycles. The van der Waals surface area contributed by atoms with Gasteiger partial charge in [-0.2, -0.15) is 0 Å². The van der Waals surface area contributed by atoms with E-state index in [4.69, 9.17) is 4.74 Å². The zero-order chi connectivity index (χ0) is 14.5. The molecule has 108 valence electrons. The van der Waals surface area contributed by atoms with Gasteiger partial charge in [0.15, 0.2) is 0 Å². The fourth-order valence-electron chi connectivity index (χ4n) is 1.83. The lowest BCUT2D eigenvalue weighted by Crippen LogP contribution is -2.45. The number of methoxy groups -OCH3 is 1. The number of amides is 1. The largest absolute Gasteiger partial charge is 0.465 e. The summed E-state index contributed by atoms with van der Waals surface area (Å²) in [5.41, 5.74) is 0.0824. The zero-order valence-corrected chi connectivity index (χ0v) is 10.9. The Kier molecular flexibility index (Phi) is 4.65. The number of hydrogen-bond donors (Lipinski definition) is 2. The Morgan fingerprint density at radius 2 is 2.30 bits per heavy atom. The van der Waals surface area contributed by atoms with E-state index in [1.165, 1.54) is 12.1 Å². The van der Waals surface area contributed by atoms with Crippen molar-refractivity contribution in [3.63, 3.8) is 0 Å². The second-order valence-electron chi connectivity index (χ2n) is 4.24. The number of rotatable bonds is 3. The van der Waals surface area contributed by atoms with Gasteiger partial charge in [-0.1, -0.05) is 0 Å². The van der Waals surface area contributed by atoms with E-state index in [0.717, 1.165) is 13.2 Å². The molecule has 1 aliphatic rings. The van der Waals surface area contributed by atoms with Gasteiger partial charge in [0.05, 0.1) is 19.3 Å². The van der Waals surface area contributed by atoms with Gasteiger partial charge in [0.25, 0.3) is 5.91 Å². The molecule has 20 heavy (non-hydrogen) atoms. The SMILES string of the molecule is COC(=O)c1cc(NC(=O)C2CNCCO2)ccc1F. The second-order valence-corrected chi connectivity index (χ2v) is 4.24. The van der Waals surface area contributed by atoms with Crippen LogP contribution in [0.15, 0.2) is 18.2 Å². The number of morpholine rings is 1. The van der Waals surface area contributed by atoms with Gasteiger partial charge in [-0.3, -0.25) is 4.79 Å². The molecule has 0 aliphatic carbocycles. The van der Waals surface area contributed by atoms with E-state index in [-0.39, 0.29) is 11.5 Å². The van der Waals surface area contributed by atoms with Crippen molar-refractivity contribution in [3.05, 3.63) is 29.6 Å². The maximum absolute atomic E-state index is 13.5. The van der Waals surface area contributed by atoms with Crippen LogP contribution in [0, 0.1) is 5.82 Å². The number of anilines is 1. The lowest BCUT2D eigenvalue weighted by molar-refractivity contribution is -0.128. The van der Waals surface area contributed by atoms with Crippen LogP contribution in [0.3, 0.4) is 0 Å². The van der Waals surface area contributed by atoms with Crippen LogP contribution in [0.1, 0.15) is 10.4 Å². The lowest BCUT2D eigenvalue weighted by atomic mass is 10.2. The number of esters is 1. The molecule has 0 aromatic heterocycles. The third-order valence-corrected chi connectivity index (χ3v) is 2.86. The molecule has 7 heteroatoms. The van der Waals surface area contributed by atoms with Crippen molar-refractivity contribution in [2.24, 2.45) is 0 Å². The fraction of sp³-hybridized carbons (Fsp3) is 0.385. The number of carbonyl (C=O) groups is 2. The Bertz CT molecular complexity index is 515. The molecule has 1 aromatic rings. The number of benzene rings is 1. The molecule has 1 unspecified atom stereocenters. The predicted octanol–water partition coefficient (Wildman–Crippen LogP) is 0.539. The van der Waals surface area contributed by atoms with Gasteiger partial charge in [0.2, 0.25) is 0 Å². The Morgan fingerprint density at radius 3 is 2.95 bits per heavy atom. The molecule has 1 atom stereocenters. The van der Waals surface area contributed by atoms with E-state index >= 15 is 0 Å². The van der Waals surface area contributed by atoms with E-state index in [0.29, 0.717) is 25.4 Å². The molecule has 2 N–H and O–H groups in total. The predicted molar refractivity (Wildman–Crippen MR) is 69.0 cm³/mol. The summed E-state index contributed by atoms with van der Waals surface area (Å²) in [4.78, 5) is 23.3. The number of carbonyl (C=O) groups excluding carboxylic acids is 2. The quantitative estimate of drug-likeness (QED) is 0.791. The monoisotopic (exact) mass is 282 g/mol.